The normalized spacial score (nSPS) is 20.5. The fourth-order valence-corrected chi connectivity index (χ4v) is 6.69. The lowest BCUT2D eigenvalue weighted by Gasteiger charge is -2.29. The number of amides is 2. The molecule has 2 amide bonds. The second-order valence-corrected chi connectivity index (χ2v) is 12.6. The van der Waals surface area contributed by atoms with Crippen molar-refractivity contribution in [3.63, 3.8) is 0 Å². The number of aromatic nitrogens is 2. The molecule has 12 nitrogen and oxygen atoms in total. The minimum absolute atomic E-state index is 0.0132. The van der Waals surface area contributed by atoms with Crippen molar-refractivity contribution in [2.45, 2.75) is 70.1 Å². The Balaban J connectivity index is 1.14. The quantitative estimate of drug-likeness (QED) is 0.146. The molecule has 6 atom stereocenters. The number of fused-ring (bicyclic) bond motifs is 2. The van der Waals surface area contributed by atoms with Gasteiger partial charge >= 0.3 is 11.8 Å². The van der Waals surface area contributed by atoms with Gasteiger partial charge in [0.05, 0.1) is 42.3 Å². The Morgan fingerprint density at radius 3 is 2.42 bits per heavy atom. The van der Waals surface area contributed by atoms with Crippen molar-refractivity contribution in [3.05, 3.63) is 99.5 Å². The topological polar surface area (TPSA) is 164 Å². The number of alkyl carbamates (subject to hydrolysis) is 1. The maximum Gasteiger partial charge on any atom is 0.407 e. The number of aromatic amines is 2. The zero-order valence-electron chi connectivity index (χ0n) is 27.1. The summed E-state index contributed by atoms with van der Waals surface area (Å²) < 4.78 is 22.9. The van der Waals surface area contributed by atoms with Gasteiger partial charge in [0, 0.05) is 11.6 Å². The number of benzene rings is 3. The Kier molecular flexibility index (Phi) is 10.4. The highest BCUT2D eigenvalue weighted by molar-refractivity contribution is 5.83. The van der Waals surface area contributed by atoms with Crippen LogP contribution >= 0.6 is 0 Å². The van der Waals surface area contributed by atoms with E-state index in [1.165, 1.54) is 0 Å². The van der Waals surface area contributed by atoms with E-state index in [0.29, 0.717) is 41.8 Å². The van der Waals surface area contributed by atoms with Crippen molar-refractivity contribution in [3.8, 4) is 5.75 Å². The molecule has 0 saturated carbocycles. The van der Waals surface area contributed by atoms with E-state index in [1.54, 1.807) is 6.07 Å². The van der Waals surface area contributed by atoms with Gasteiger partial charge in [0.25, 0.3) is 5.91 Å². The largest absolute Gasteiger partial charge is 0.483 e. The van der Waals surface area contributed by atoms with Crippen molar-refractivity contribution in [1.29, 1.82) is 0 Å². The van der Waals surface area contributed by atoms with Crippen LogP contribution in [0.2, 0.25) is 0 Å². The van der Waals surface area contributed by atoms with Gasteiger partial charge in [-0.05, 0) is 62.3 Å². The van der Waals surface area contributed by atoms with Crippen LogP contribution in [0.5, 0.6) is 5.75 Å². The van der Waals surface area contributed by atoms with Crippen LogP contribution in [0.25, 0.3) is 11.0 Å². The number of aliphatic hydroxyl groups excluding tert-OH is 1. The number of ether oxygens (including phenoxy) is 4. The van der Waals surface area contributed by atoms with E-state index >= 15 is 0 Å². The van der Waals surface area contributed by atoms with Crippen LogP contribution in [0.15, 0.2) is 71.5 Å². The number of H-pyrrole nitrogens is 2. The number of imidazole rings is 1. The Bertz CT molecular complexity index is 1760. The third-order valence-electron chi connectivity index (χ3n) is 9.06. The van der Waals surface area contributed by atoms with Crippen molar-refractivity contribution < 1.29 is 33.6 Å². The van der Waals surface area contributed by atoms with Gasteiger partial charge in [0.15, 0.2) is 12.9 Å². The molecule has 0 aliphatic carbocycles. The summed E-state index contributed by atoms with van der Waals surface area (Å²) in [6, 6.07) is 19.9. The van der Waals surface area contributed by atoms with Crippen LogP contribution in [-0.4, -0.2) is 77.5 Å². The number of aryl methyl sites for hydroxylation is 2. The summed E-state index contributed by atoms with van der Waals surface area (Å²) in [5, 5.41) is 17.6. The van der Waals surface area contributed by atoms with Crippen LogP contribution in [0.3, 0.4) is 0 Å². The molecule has 0 radical (unpaired) electrons. The first-order valence-electron chi connectivity index (χ1n) is 16.3. The van der Waals surface area contributed by atoms with Crippen LogP contribution in [0.1, 0.15) is 35.1 Å². The lowest BCUT2D eigenvalue weighted by Crippen LogP contribution is -2.50. The van der Waals surface area contributed by atoms with Gasteiger partial charge in [-0.2, -0.15) is 0 Å². The van der Waals surface area contributed by atoms with Gasteiger partial charge in [-0.25, -0.2) is 9.59 Å². The lowest BCUT2D eigenvalue weighted by atomic mass is 9.93. The van der Waals surface area contributed by atoms with Crippen LogP contribution in [-0.2, 0) is 31.8 Å². The predicted molar refractivity (Wildman–Crippen MR) is 178 cm³/mol. The molecule has 2 saturated heterocycles. The van der Waals surface area contributed by atoms with E-state index in [0.717, 1.165) is 23.1 Å². The van der Waals surface area contributed by atoms with E-state index in [4.69, 9.17) is 18.9 Å². The standard InChI is InChI=1S/C36H42N4O8/c1-21-15-28-32(40-35(43)38-28)22(2)33(21)46-20-31(42)37-25(16-23-9-5-3-6-10-23)18-29(41)27(17-24-11-7-4-8-12-24)39-36(44)48-30-19-47-34-26(30)13-14-45-34/h3-12,15,25-27,29-30,34,41H,13-14,16-20H2,1-2H3,(H,37,42)(H,39,44)(H2,38,40,43)/t25-,26-,27-,29-,30-,34+/m0/s1. The average molecular weight is 659 g/mol. The first kappa shape index (κ1) is 33.3. The summed E-state index contributed by atoms with van der Waals surface area (Å²) >= 11 is 0. The minimum Gasteiger partial charge on any atom is -0.483 e. The molecular weight excluding hydrogens is 616 g/mol. The molecule has 254 valence electrons. The third-order valence-corrected chi connectivity index (χ3v) is 9.06. The summed E-state index contributed by atoms with van der Waals surface area (Å²) in [7, 11) is 0. The molecular formula is C36H42N4O8. The molecule has 1 aromatic heterocycles. The first-order valence-corrected chi connectivity index (χ1v) is 16.3. The summed E-state index contributed by atoms with van der Waals surface area (Å²) in [4.78, 5) is 43.8. The molecule has 5 N–H and O–H groups in total. The van der Waals surface area contributed by atoms with Gasteiger partial charge in [-0.3, -0.25) is 4.79 Å². The maximum absolute atomic E-state index is 13.3. The predicted octanol–water partition coefficient (Wildman–Crippen LogP) is 3.43. The molecule has 0 unspecified atom stereocenters. The monoisotopic (exact) mass is 658 g/mol. The molecule has 2 aliphatic heterocycles. The number of nitrogens with one attached hydrogen (secondary N) is 4. The van der Waals surface area contributed by atoms with Crippen molar-refractivity contribution in [1.82, 2.24) is 20.6 Å². The highest BCUT2D eigenvalue weighted by Crippen LogP contribution is 2.33. The number of hydrogen-bond donors (Lipinski definition) is 5. The molecule has 12 heteroatoms. The fourth-order valence-electron chi connectivity index (χ4n) is 6.69. The number of carbonyl (C=O) groups is 2. The zero-order chi connectivity index (χ0) is 33.6. The molecule has 6 rings (SSSR count). The van der Waals surface area contributed by atoms with E-state index in [2.05, 4.69) is 20.6 Å². The van der Waals surface area contributed by atoms with Crippen molar-refractivity contribution in [2.75, 3.05) is 19.8 Å². The zero-order valence-corrected chi connectivity index (χ0v) is 27.1. The van der Waals surface area contributed by atoms with E-state index < -0.39 is 30.4 Å². The third kappa shape index (κ3) is 8.07. The van der Waals surface area contributed by atoms with E-state index in [9.17, 15) is 19.5 Å². The smallest absolute Gasteiger partial charge is 0.407 e. The second-order valence-electron chi connectivity index (χ2n) is 12.6. The average Bonchev–Trinajstić information content (AvgIpc) is 3.78. The lowest BCUT2D eigenvalue weighted by molar-refractivity contribution is -0.124. The van der Waals surface area contributed by atoms with Gasteiger partial charge in [-0.15, -0.1) is 0 Å². The van der Waals surface area contributed by atoms with Crippen LogP contribution in [0.4, 0.5) is 4.79 Å². The maximum atomic E-state index is 13.3. The molecule has 0 spiro atoms. The van der Waals surface area contributed by atoms with E-state index in [1.807, 2.05) is 74.5 Å². The Morgan fingerprint density at radius 2 is 1.69 bits per heavy atom. The molecule has 4 aromatic rings. The summed E-state index contributed by atoms with van der Waals surface area (Å²) in [6.45, 7) is 4.23. The van der Waals surface area contributed by atoms with E-state index in [-0.39, 0.29) is 43.4 Å². The minimum atomic E-state index is -1.03. The van der Waals surface area contributed by atoms with Crippen molar-refractivity contribution in [2.24, 2.45) is 5.92 Å². The van der Waals surface area contributed by atoms with Gasteiger partial charge in [0.2, 0.25) is 0 Å². The SMILES string of the molecule is Cc1cc2[nH]c(=O)[nH]c2c(C)c1OCC(=O)N[C@@H](Cc1ccccc1)C[C@H](O)[C@H](Cc1ccccc1)NC(=O)O[C@H]1CO[C@H]2OCC[C@H]21. The number of rotatable bonds is 13. The summed E-state index contributed by atoms with van der Waals surface area (Å²) in [5.74, 6) is 0.133. The number of aliphatic hydroxyl groups is 1. The van der Waals surface area contributed by atoms with Crippen molar-refractivity contribution >= 4 is 23.0 Å². The summed E-state index contributed by atoms with van der Waals surface area (Å²) in [5.41, 5.74) is 4.38. The van der Waals surface area contributed by atoms with Gasteiger partial charge in [-0.1, -0.05) is 60.7 Å². The molecule has 2 aliphatic rings. The van der Waals surface area contributed by atoms with Crippen LogP contribution < -0.4 is 21.1 Å². The summed E-state index contributed by atoms with van der Waals surface area (Å²) in [6.07, 6.45) is -0.752. The molecule has 0 bridgehead atoms. The molecule has 48 heavy (non-hydrogen) atoms. The molecule has 3 aromatic carbocycles. The highest BCUT2D eigenvalue weighted by atomic mass is 16.7. The number of carbonyl (C=O) groups excluding carboxylic acids is 2. The second kappa shape index (κ2) is 15.1. The van der Waals surface area contributed by atoms with Gasteiger partial charge in [0.1, 0.15) is 11.9 Å². The molecule has 3 heterocycles. The Morgan fingerprint density at radius 1 is 0.979 bits per heavy atom. The first-order chi connectivity index (χ1) is 23.2. The Labute approximate surface area is 278 Å². The fraction of sp³-hybridized carbons (Fsp3) is 0.417. The highest BCUT2D eigenvalue weighted by Gasteiger charge is 2.44. The molecule has 2 fully saturated rings. The Hall–Kier alpha value is -4.65. The van der Waals surface area contributed by atoms with Gasteiger partial charge < -0.3 is 44.7 Å². The van der Waals surface area contributed by atoms with Crippen LogP contribution in [0, 0.1) is 19.8 Å². The number of hydrogen-bond acceptors (Lipinski definition) is 8.